The molecular weight excluding hydrogens is 212 g/mol. The molecule has 0 saturated heterocycles. The highest BCUT2D eigenvalue weighted by molar-refractivity contribution is 5.86. The van der Waals surface area contributed by atoms with Gasteiger partial charge in [-0.3, -0.25) is 4.79 Å². The van der Waals surface area contributed by atoms with E-state index in [0.717, 1.165) is 19.5 Å². The van der Waals surface area contributed by atoms with Crippen LogP contribution >= 0.6 is 0 Å². The molecule has 1 amide bonds. The van der Waals surface area contributed by atoms with Crippen molar-refractivity contribution in [3.63, 3.8) is 0 Å². The van der Waals surface area contributed by atoms with Crippen molar-refractivity contribution in [3.05, 3.63) is 42.5 Å². The van der Waals surface area contributed by atoms with Gasteiger partial charge in [0, 0.05) is 25.3 Å². The molecular formula is C14H18N2O. The molecule has 1 aliphatic heterocycles. The summed E-state index contributed by atoms with van der Waals surface area (Å²) in [5.41, 5.74) is 2.72. The van der Waals surface area contributed by atoms with E-state index in [0.29, 0.717) is 6.54 Å². The number of hydrogen-bond donors (Lipinski definition) is 1. The van der Waals surface area contributed by atoms with Crippen LogP contribution in [0.1, 0.15) is 12.0 Å². The normalized spacial score (nSPS) is 14.0. The summed E-state index contributed by atoms with van der Waals surface area (Å²) in [6, 6.07) is 8.49. The number of aryl methyl sites for hydroxylation is 1. The van der Waals surface area contributed by atoms with Gasteiger partial charge in [-0.15, -0.1) is 0 Å². The van der Waals surface area contributed by atoms with Crippen LogP contribution in [0.25, 0.3) is 0 Å². The summed E-state index contributed by atoms with van der Waals surface area (Å²) in [6.45, 7) is 6.03. The minimum Gasteiger partial charge on any atom is -0.370 e. The van der Waals surface area contributed by atoms with Crippen molar-refractivity contribution >= 4 is 11.6 Å². The van der Waals surface area contributed by atoms with Crippen LogP contribution in [0.15, 0.2) is 36.9 Å². The van der Waals surface area contributed by atoms with Gasteiger partial charge >= 0.3 is 0 Å². The molecule has 1 aromatic carbocycles. The topological polar surface area (TPSA) is 32.3 Å². The van der Waals surface area contributed by atoms with Crippen molar-refractivity contribution in [2.75, 3.05) is 24.5 Å². The summed E-state index contributed by atoms with van der Waals surface area (Å²) >= 11 is 0. The molecule has 1 aliphatic rings. The van der Waals surface area contributed by atoms with Gasteiger partial charge in [-0.1, -0.05) is 24.8 Å². The maximum absolute atomic E-state index is 11.1. The molecule has 1 N–H and O–H groups in total. The minimum absolute atomic E-state index is 0.102. The van der Waals surface area contributed by atoms with Crippen molar-refractivity contribution in [1.82, 2.24) is 5.32 Å². The van der Waals surface area contributed by atoms with E-state index in [2.05, 4.69) is 41.1 Å². The lowest BCUT2D eigenvalue weighted by Gasteiger charge is -2.31. The highest BCUT2D eigenvalue weighted by Gasteiger charge is 2.15. The zero-order valence-corrected chi connectivity index (χ0v) is 9.98. The maximum atomic E-state index is 11.1. The first-order valence-electron chi connectivity index (χ1n) is 6.04. The van der Waals surface area contributed by atoms with E-state index in [1.54, 1.807) is 0 Å². The fourth-order valence-corrected chi connectivity index (χ4v) is 2.23. The number of nitrogens with zero attached hydrogens (tertiary/aromatic N) is 1. The Morgan fingerprint density at radius 1 is 1.47 bits per heavy atom. The van der Waals surface area contributed by atoms with Crippen LogP contribution in [0.3, 0.4) is 0 Å². The monoisotopic (exact) mass is 230 g/mol. The molecule has 2 rings (SSSR count). The Bertz CT molecular complexity index is 414. The van der Waals surface area contributed by atoms with E-state index < -0.39 is 0 Å². The number of nitrogens with one attached hydrogen (secondary N) is 1. The highest BCUT2D eigenvalue weighted by atomic mass is 16.1. The van der Waals surface area contributed by atoms with Crippen LogP contribution < -0.4 is 10.2 Å². The van der Waals surface area contributed by atoms with E-state index >= 15 is 0 Å². The van der Waals surface area contributed by atoms with Gasteiger partial charge in [0.25, 0.3) is 0 Å². The zero-order valence-electron chi connectivity index (χ0n) is 9.98. The molecule has 1 heterocycles. The Labute approximate surface area is 102 Å². The van der Waals surface area contributed by atoms with Gasteiger partial charge in [-0.2, -0.15) is 0 Å². The summed E-state index contributed by atoms with van der Waals surface area (Å²) in [4.78, 5) is 13.4. The van der Waals surface area contributed by atoms with Crippen LogP contribution in [-0.4, -0.2) is 25.5 Å². The molecule has 3 heteroatoms. The molecule has 0 aromatic heterocycles. The molecule has 0 atom stereocenters. The molecule has 90 valence electrons. The standard InChI is InChI=1S/C14H18N2O/c1-2-14(17)15-9-11-16-10-5-7-12-6-3-4-8-13(12)16/h2-4,6,8H,1,5,7,9-11H2,(H,15,17). The molecule has 0 spiro atoms. The Balaban J connectivity index is 1.94. The summed E-state index contributed by atoms with van der Waals surface area (Å²) < 4.78 is 0. The number of fused-ring (bicyclic) bond motifs is 1. The maximum Gasteiger partial charge on any atom is 0.243 e. The quantitative estimate of drug-likeness (QED) is 0.799. The first kappa shape index (κ1) is 11.7. The number of anilines is 1. The molecule has 0 fully saturated rings. The van der Waals surface area contributed by atoms with Crippen LogP contribution in [0.2, 0.25) is 0 Å². The SMILES string of the molecule is C=CC(=O)NCCN1CCCc2ccccc21. The number of carbonyl (C=O) groups excluding carboxylic acids is 1. The number of rotatable bonds is 4. The van der Waals surface area contributed by atoms with E-state index in [-0.39, 0.29) is 5.91 Å². The van der Waals surface area contributed by atoms with Crippen molar-refractivity contribution in [1.29, 1.82) is 0 Å². The Morgan fingerprint density at radius 3 is 3.12 bits per heavy atom. The Hall–Kier alpha value is -1.77. The van der Waals surface area contributed by atoms with Crippen LogP contribution in [0, 0.1) is 0 Å². The molecule has 0 bridgehead atoms. The van der Waals surface area contributed by atoms with Gasteiger partial charge in [0.05, 0.1) is 0 Å². The number of benzene rings is 1. The Morgan fingerprint density at radius 2 is 2.29 bits per heavy atom. The van der Waals surface area contributed by atoms with Gasteiger partial charge in [0.2, 0.25) is 5.91 Å². The van der Waals surface area contributed by atoms with Crippen LogP contribution in [0.4, 0.5) is 5.69 Å². The predicted molar refractivity (Wildman–Crippen MR) is 70.2 cm³/mol. The summed E-state index contributed by atoms with van der Waals surface area (Å²) in [6.07, 6.45) is 3.66. The average Bonchev–Trinajstić information content (AvgIpc) is 2.39. The number of carbonyl (C=O) groups is 1. The number of para-hydroxylation sites is 1. The van der Waals surface area contributed by atoms with Gasteiger partial charge in [-0.25, -0.2) is 0 Å². The third-order valence-electron chi connectivity index (χ3n) is 3.07. The molecule has 0 unspecified atom stereocenters. The second kappa shape index (κ2) is 5.53. The fourth-order valence-electron chi connectivity index (χ4n) is 2.23. The van der Waals surface area contributed by atoms with Crippen LogP contribution in [0.5, 0.6) is 0 Å². The van der Waals surface area contributed by atoms with Gasteiger partial charge in [0.15, 0.2) is 0 Å². The second-order valence-electron chi connectivity index (χ2n) is 4.21. The summed E-state index contributed by atoms with van der Waals surface area (Å²) in [7, 11) is 0. The largest absolute Gasteiger partial charge is 0.370 e. The molecule has 0 radical (unpaired) electrons. The minimum atomic E-state index is -0.102. The zero-order chi connectivity index (χ0) is 12.1. The molecule has 0 saturated carbocycles. The third-order valence-corrected chi connectivity index (χ3v) is 3.07. The van der Waals surface area contributed by atoms with E-state index in [9.17, 15) is 4.79 Å². The van der Waals surface area contributed by atoms with Crippen molar-refractivity contribution in [2.45, 2.75) is 12.8 Å². The summed E-state index contributed by atoms with van der Waals surface area (Å²) in [5.74, 6) is -0.102. The van der Waals surface area contributed by atoms with Gasteiger partial charge in [-0.05, 0) is 30.5 Å². The smallest absolute Gasteiger partial charge is 0.243 e. The van der Waals surface area contributed by atoms with E-state index in [4.69, 9.17) is 0 Å². The molecule has 0 aliphatic carbocycles. The number of amides is 1. The van der Waals surface area contributed by atoms with Gasteiger partial charge in [0.1, 0.15) is 0 Å². The average molecular weight is 230 g/mol. The first-order valence-corrected chi connectivity index (χ1v) is 6.04. The van der Waals surface area contributed by atoms with Crippen molar-refractivity contribution in [2.24, 2.45) is 0 Å². The van der Waals surface area contributed by atoms with Gasteiger partial charge < -0.3 is 10.2 Å². The van der Waals surface area contributed by atoms with Crippen molar-refractivity contribution < 1.29 is 4.79 Å². The third kappa shape index (κ3) is 2.87. The predicted octanol–water partition coefficient (Wildman–Crippen LogP) is 1.74. The van der Waals surface area contributed by atoms with E-state index in [1.165, 1.54) is 23.7 Å². The lowest BCUT2D eigenvalue weighted by molar-refractivity contribution is -0.116. The van der Waals surface area contributed by atoms with E-state index in [1.807, 2.05) is 0 Å². The molecule has 3 nitrogen and oxygen atoms in total. The molecule has 17 heavy (non-hydrogen) atoms. The molecule has 1 aromatic rings. The number of hydrogen-bond acceptors (Lipinski definition) is 2. The second-order valence-corrected chi connectivity index (χ2v) is 4.21. The Kier molecular flexibility index (Phi) is 3.81. The first-order chi connectivity index (χ1) is 8.31. The fraction of sp³-hybridized carbons (Fsp3) is 0.357. The highest BCUT2D eigenvalue weighted by Crippen LogP contribution is 2.25. The lowest BCUT2D eigenvalue weighted by atomic mass is 10.0. The summed E-state index contributed by atoms with van der Waals surface area (Å²) in [5, 5.41) is 2.81. The van der Waals surface area contributed by atoms with Crippen LogP contribution in [-0.2, 0) is 11.2 Å². The van der Waals surface area contributed by atoms with Crippen molar-refractivity contribution in [3.8, 4) is 0 Å². The lowest BCUT2D eigenvalue weighted by Crippen LogP contribution is -2.37.